The Labute approximate surface area is 179 Å². The minimum atomic E-state index is 0.259. The molecule has 1 aliphatic heterocycles. The summed E-state index contributed by atoms with van der Waals surface area (Å²) in [6.45, 7) is 4.60. The first-order valence-electron chi connectivity index (χ1n) is 11.5. The number of rotatable bonds is 5. The monoisotopic (exact) mass is 409 g/mol. The summed E-state index contributed by atoms with van der Waals surface area (Å²) in [5.74, 6) is 1.45. The molecule has 2 aliphatic rings. The molecule has 0 bridgehead atoms. The van der Waals surface area contributed by atoms with Crippen LogP contribution in [-0.2, 0) is 11.2 Å². The van der Waals surface area contributed by atoms with E-state index in [0.29, 0.717) is 5.91 Å². The van der Waals surface area contributed by atoms with Crippen LogP contribution in [0.15, 0.2) is 29.4 Å². The molecule has 1 unspecified atom stereocenters. The molecule has 4 rings (SSSR count). The number of nitrogens with zero attached hydrogens (tertiary/aromatic N) is 2. The van der Waals surface area contributed by atoms with Crippen LogP contribution < -0.4 is 10.6 Å². The van der Waals surface area contributed by atoms with Crippen molar-refractivity contribution in [3.05, 3.63) is 35.5 Å². The van der Waals surface area contributed by atoms with Crippen molar-refractivity contribution in [3.63, 3.8) is 0 Å². The standard InChI is InChI=1S/C24H35N5O/c1-17-7-6-10-21-19(15-27-22(17)21)11-13-26-24(25-2)28-20-12-14-29(16-20)23(30)18-8-4-3-5-9-18/h6-7,10,15,18,20,27H,3-5,8-9,11-14,16H2,1-2H3,(H2,25,26,28). The van der Waals surface area contributed by atoms with Gasteiger partial charge in [0.1, 0.15) is 0 Å². The molecule has 1 amide bonds. The lowest BCUT2D eigenvalue weighted by Gasteiger charge is -2.26. The molecule has 1 aromatic carbocycles. The number of hydrogen-bond acceptors (Lipinski definition) is 2. The van der Waals surface area contributed by atoms with Gasteiger partial charge in [0.05, 0.1) is 0 Å². The molecule has 162 valence electrons. The van der Waals surface area contributed by atoms with Crippen LogP contribution in [-0.4, -0.2) is 54.5 Å². The molecule has 6 nitrogen and oxygen atoms in total. The number of fused-ring (bicyclic) bond motifs is 1. The fourth-order valence-corrected chi connectivity index (χ4v) is 4.96. The Morgan fingerprint density at radius 1 is 1.23 bits per heavy atom. The quantitative estimate of drug-likeness (QED) is 0.524. The molecule has 2 heterocycles. The average molecular weight is 410 g/mol. The van der Waals surface area contributed by atoms with Crippen LogP contribution >= 0.6 is 0 Å². The zero-order valence-electron chi connectivity index (χ0n) is 18.3. The van der Waals surface area contributed by atoms with Crippen molar-refractivity contribution in [2.75, 3.05) is 26.7 Å². The maximum Gasteiger partial charge on any atom is 0.225 e. The van der Waals surface area contributed by atoms with Gasteiger partial charge in [0.15, 0.2) is 5.96 Å². The van der Waals surface area contributed by atoms with Crippen molar-refractivity contribution in [3.8, 4) is 0 Å². The lowest BCUT2D eigenvalue weighted by molar-refractivity contribution is -0.135. The van der Waals surface area contributed by atoms with E-state index in [1.165, 1.54) is 41.3 Å². The second-order valence-corrected chi connectivity index (χ2v) is 8.81. The third kappa shape index (κ3) is 4.63. The van der Waals surface area contributed by atoms with E-state index in [-0.39, 0.29) is 12.0 Å². The lowest BCUT2D eigenvalue weighted by Crippen LogP contribution is -2.46. The van der Waals surface area contributed by atoms with E-state index in [2.05, 4.69) is 56.8 Å². The van der Waals surface area contributed by atoms with E-state index in [0.717, 1.165) is 51.3 Å². The molecule has 6 heteroatoms. The van der Waals surface area contributed by atoms with Crippen LogP contribution in [0.25, 0.3) is 10.9 Å². The number of aliphatic imine (C=N–C) groups is 1. The minimum Gasteiger partial charge on any atom is -0.361 e. The number of para-hydroxylation sites is 1. The van der Waals surface area contributed by atoms with Crippen molar-refractivity contribution in [1.29, 1.82) is 0 Å². The van der Waals surface area contributed by atoms with Crippen molar-refractivity contribution >= 4 is 22.8 Å². The maximum absolute atomic E-state index is 12.8. The van der Waals surface area contributed by atoms with E-state index in [1.54, 1.807) is 0 Å². The van der Waals surface area contributed by atoms with Gasteiger partial charge in [0.25, 0.3) is 0 Å². The van der Waals surface area contributed by atoms with E-state index >= 15 is 0 Å². The highest BCUT2D eigenvalue weighted by Crippen LogP contribution is 2.27. The number of aryl methyl sites for hydroxylation is 1. The van der Waals surface area contributed by atoms with Gasteiger partial charge < -0.3 is 20.5 Å². The number of guanidine groups is 1. The molecule has 0 spiro atoms. The molecule has 30 heavy (non-hydrogen) atoms. The van der Waals surface area contributed by atoms with Crippen LogP contribution in [0.1, 0.15) is 49.7 Å². The van der Waals surface area contributed by atoms with Crippen molar-refractivity contribution in [1.82, 2.24) is 20.5 Å². The number of aromatic amines is 1. The molecule has 2 aromatic rings. The summed E-state index contributed by atoms with van der Waals surface area (Å²) < 4.78 is 0. The molecular weight excluding hydrogens is 374 g/mol. The predicted molar refractivity (Wildman–Crippen MR) is 123 cm³/mol. The Morgan fingerprint density at radius 2 is 2.07 bits per heavy atom. The van der Waals surface area contributed by atoms with Gasteiger partial charge in [-0.3, -0.25) is 9.79 Å². The van der Waals surface area contributed by atoms with Gasteiger partial charge in [-0.15, -0.1) is 0 Å². The van der Waals surface area contributed by atoms with Crippen molar-refractivity contribution < 1.29 is 4.79 Å². The Hall–Kier alpha value is -2.50. The van der Waals surface area contributed by atoms with Crippen LogP contribution in [0.5, 0.6) is 0 Å². The van der Waals surface area contributed by atoms with Gasteiger partial charge in [0, 0.05) is 55.7 Å². The Balaban J connectivity index is 1.25. The minimum absolute atomic E-state index is 0.259. The number of likely N-dealkylation sites (tertiary alicyclic amines) is 1. The van der Waals surface area contributed by atoms with Crippen LogP contribution in [0.2, 0.25) is 0 Å². The first kappa shape index (κ1) is 20.8. The van der Waals surface area contributed by atoms with Crippen LogP contribution in [0.4, 0.5) is 0 Å². The van der Waals surface area contributed by atoms with Crippen molar-refractivity contribution in [2.45, 2.75) is 57.9 Å². The number of H-pyrrole nitrogens is 1. The molecule has 1 aromatic heterocycles. The van der Waals surface area contributed by atoms with Crippen LogP contribution in [0.3, 0.4) is 0 Å². The zero-order valence-corrected chi connectivity index (χ0v) is 18.3. The topological polar surface area (TPSA) is 72.5 Å². The van der Waals surface area contributed by atoms with E-state index in [4.69, 9.17) is 0 Å². The third-order valence-corrected chi connectivity index (χ3v) is 6.72. The maximum atomic E-state index is 12.8. The van der Waals surface area contributed by atoms with Crippen molar-refractivity contribution in [2.24, 2.45) is 10.9 Å². The highest BCUT2D eigenvalue weighted by Gasteiger charge is 2.31. The van der Waals surface area contributed by atoms with E-state index < -0.39 is 0 Å². The smallest absolute Gasteiger partial charge is 0.225 e. The highest BCUT2D eigenvalue weighted by atomic mass is 16.2. The molecule has 1 atom stereocenters. The number of aromatic nitrogens is 1. The molecule has 1 aliphatic carbocycles. The zero-order chi connectivity index (χ0) is 20.9. The van der Waals surface area contributed by atoms with Gasteiger partial charge in [-0.05, 0) is 43.7 Å². The summed E-state index contributed by atoms with van der Waals surface area (Å²) in [5.41, 5.74) is 3.82. The molecular formula is C24H35N5O. The van der Waals surface area contributed by atoms with E-state index in [1.807, 2.05) is 7.05 Å². The first-order valence-corrected chi connectivity index (χ1v) is 11.5. The summed E-state index contributed by atoms with van der Waals surface area (Å²) in [4.78, 5) is 22.6. The second kappa shape index (κ2) is 9.54. The summed E-state index contributed by atoms with van der Waals surface area (Å²) in [6, 6.07) is 6.71. The first-order chi connectivity index (χ1) is 14.7. The normalized spacial score (nSPS) is 20.7. The molecule has 3 N–H and O–H groups in total. The number of benzene rings is 1. The molecule has 0 radical (unpaired) electrons. The molecule has 1 saturated heterocycles. The molecule has 1 saturated carbocycles. The number of hydrogen-bond donors (Lipinski definition) is 3. The van der Waals surface area contributed by atoms with Gasteiger partial charge in [-0.2, -0.15) is 0 Å². The third-order valence-electron chi connectivity index (χ3n) is 6.72. The van der Waals surface area contributed by atoms with Gasteiger partial charge in [-0.1, -0.05) is 37.5 Å². The number of nitrogens with one attached hydrogen (secondary N) is 3. The molecule has 2 fully saturated rings. The van der Waals surface area contributed by atoms with Gasteiger partial charge in [0.2, 0.25) is 5.91 Å². The number of amides is 1. The fraction of sp³-hybridized carbons (Fsp3) is 0.583. The summed E-state index contributed by atoms with van der Waals surface area (Å²) >= 11 is 0. The Morgan fingerprint density at radius 3 is 2.87 bits per heavy atom. The SMILES string of the molecule is CN=C(NCCc1c[nH]c2c(C)cccc12)NC1CCN(C(=O)C2CCCCC2)C1. The Bertz CT molecular complexity index is 896. The Kier molecular flexibility index (Phi) is 6.60. The summed E-state index contributed by atoms with van der Waals surface area (Å²) in [5, 5.41) is 8.26. The number of carbonyl (C=O) groups is 1. The lowest BCUT2D eigenvalue weighted by atomic mass is 9.88. The van der Waals surface area contributed by atoms with Gasteiger partial charge in [-0.25, -0.2) is 0 Å². The predicted octanol–water partition coefficient (Wildman–Crippen LogP) is 3.37. The fourth-order valence-electron chi connectivity index (χ4n) is 4.96. The highest BCUT2D eigenvalue weighted by molar-refractivity contribution is 5.86. The number of carbonyl (C=O) groups excluding carboxylic acids is 1. The summed E-state index contributed by atoms with van der Waals surface area (Å²) in [7, 11) is 1.81. The van der Waals surface area contributed by atoms with Gasteiger partial charge >= 0.3 is 0 Å². The van der Waals surface area contributed by atoms with E-state index in [9.17, 15) is 4.79 Å². The summed E-state index contributed by atoms with van der Waals surface area (Å²) in [6.07, 6.45) is 9.88. The van der Waals surface area contributed by atoms with Crippen LogP contribution in [0, 0.1) is 12.8 Å². The average Bonchev–Trinajstić information content (AvgIpc) is 3.41. The largest absolute Gasteiger partial charge is 0.361 e. The second-order valence-electron chi connectivity index (χ2n) is 8.81.